The van der Waals surface area contributed by atoms with Gasteiger partial charge in [0.15, 0.2) is 0 Å². The predicted molar refractivity (Wildman–Crippen MR) is 124 cm³/mol. The van der Waals surface area contributed by atoms with Crippen molar-refractivity contribution >= 4 is 27.5 Å². The molecule has 0 aliphatic heterocycles. The molecule has 5 N–H and O–H groups in total. The van der Waals surface area contributed by atoms with Gasteiger partial charge in [-0.15, -0.1) is 0 Å². The van der Waals surface area contributed by atoms with Crippen LogP contribution < -0.4 is 15.8 Å². The van der Waals surface area contributed by atoms with E-state index in [2.05, 4.69) is 15.1 Å². The Kier molecular flexibility index (Phi) is 6.20. The van der Waals surface area contributed by atoms with Crippen LogP contribution in [0.15, 0.2) is 59.5 Å². The Bertz CT molecular complexity index is 1250. The molecule has 0 radical (unpaired) electrons. The fourth-order valence-corrected chi connectivity index (χ4v) is 4.43. The Morgan fingerprint density at radius 2 is 1.66 bits per heavy atom. The van der Waals surface area contributed by atoms with Crippen LogP contribution >= 0.6 is 0 Å². The summed E-state index contributed by atoms with van der Waals surface area (Å²) in [5, 5.41) is 14.6. The SMILES string of the molecule is Cc1cc(C(=O)Nc2ccc(S(=O)(=O)NC(C)(C)C)cc2)n(-c2ccc(C(=N)N)cc2)n1. The molecule has 3 rings (SSSR count). The molecule has 168 valence electrons. The summed E-state index contributed by atoms with van der Waals surface area (Å²) < 4.78 is 29.0. The number of benzene rings is 2. The summed E-state index contributed by atoms with van der Waals surface area (Å²) in [6.07, 6.45) is 0. The maximum atomic E-state index is 12.9. The first-order valence-corrected chi connectivity index (χ1v) is 11.3. The highest BCUT2D eigenvalue weighted by Crippen LogP contribution is 2.19. The van der Waals surface area contributed by atoms with E-state index in [0.717, 1.165) is 0 Å². The third-order valence-corrected chi connectivity index (χ3v) is 6.12. The molecular weight excluding hydrogens is 428 g/mol. The number of nitrogens with one attached hydrogen (secondary N) is 3. The summed E-state index contributed by atoms with van der Waals surface area (Å²) >= 11 is 0. The van der Waals surface area contributed by atoms with E-state index >= 15 is 0 Å². The van der Waals surface area contributed by atoms with Crippen LogP contribution in [0.1, 0.15) is 42.5 Å². The van der Waals surface area contributed by atoms with Crippen molar-refractivity contribution in [2.45, 2.75) is 38.1 Å². The average molecular weight is 455 g/mol. The van der Waals surface area contributed by atoms with Crippen molar-refractivity contribution in [1.29, 1.82) is 5.41 Å². The van der Waals surface area contributed by atoms with Crippen LogP contribution in [-0.4, -0.2) is 35.5 Å². The van der Waals surface area contributed by atoms with E-state index in [-0.39, 0.29) is 10.7 Å². The molecule has 10 heteroatoms. The largest absolute Gasteiger partial charge is 0.384 e. The number of nitrogens with two attached hydrogens (primary N) is 1. The van der Waals surface area contributed by atoms with Crippen molar-refractivity contribution < 1.29 is 13.2 Å². The minimum Gasteiger partial charge on any atom is -0.384 e. The topological polar surface area (TPSA) is 143 Å². The number of hydrogen-bond donors (Lipinski definition) is 4. The molecule has 1 aromatic heterocycles. The first kappa shape index (κ1) is 23.2. The second kappa shape index (κ2) is 8.56. The number of carbonyl (C=O) groups is 1. The Balaban J connectivity index is 1.82. The lowest BCUT2D eigenvalue weighted by Crippen LogP contribution is -2.40. The number of nitrogens with zero attached hydrogens (tertiary/aromatic N) is 2. The lowest BCUT2D eigenvalue weighted by Gasteiger charge is -2.20. The van der Waals surface area contributed by atoms with Crippen LogP contribution in [0.25, 0.3) is 5.69 Å². The lowest BCUT2D eigenvalue weighted by atomic mass is 10.1. The fourth-order valence-electron chi connectivity index (χ4n) is 3.01. The van der Waals surface area contributed by atoms with Crippen molar-refractivity contribution in [3.05, 3.63) is 71.5 Å². The second-order valence-electron chi connectivity index (χ2n) is 8.38. The van der Waals surface area contributed by atoms with Gasteiger partial charge in [0.2, 0.25) is 10.0 Å². The van der Waals surface area contributed by atoms with Crippen molar-refractivity contribution in [3.8, 4) is 5.69 Å². The van der Waals surface area contributed by atoms with E-state index in [0.29, 0.717) is 28.3 Å². The smallest absolute Gasteiger partial charge is 0.274 e. The summed E-state index contributed by atoms with van der Waals surface area (Å²) in [6.45, 7) is 7.06. The number of sulfonamides is 1. The minimum absolute atomic E-state index is 0.0469. The highest BCUT2D eigenvalue weighted by atomic mass is 32.2. The van der Waals surface area contributed by atoms with Crippen LogP contribution in [0.5, 0.6) is 0 Å². The summed E-state index contributed by atoms with van der Waals surface area (Å²) in [5.41, 5.74) is 7.51. The Labute approximate surface area is 187 Å². The molecule has 9 nitrogen and oxygen atoms in total. The van der Waals surface area contributed by atoms with Gasteiger partial charge in [0.05, 0.1) is 16.3 Å². The van der Waals surface area contributed by atoms with Gasteiger partial charge in [-0.05, 0) is 82.3 Å². The molecule has 0 atom stereocenters. The number of nitrogen functional groups attached to an aromatic ring is 1. The van der Waals surface area contributed by atoms with Gasteiger partial charge in [-0.1, -0.05) is 0 Å². The van der Waals surface area contributed by atoms with Crippen LogP contribution in [0.4, 0.5) is 5.69 Å². The molecule has 2 aromatic carbocycles. The van der Waals surface area contributed by atoms with Crippen LogP contribution in [-0.2, 0) is 10.0 Å². The van der Waals surface area contributed by atoms with Crippen molar-refractivity contribution in [3.63, 3.8) is 0 Å². The quantitative estimate of drug-likeness (QED) is 0.334. The first-order chi connectivity index (χ1) is 14.9. The number of rotatable bonds is 6. The molecule has 0 saturated carbocycles. The minimum atomic E-state index is -3.67. The molecule has 0 unspecified atom stereocenters. The zero-order valence-electron chi connectivity index (χ0n) is 18.3. The Morgan fingerprint density at radius 1 is 1.06 bits per heavy atom. The molecule has 0 fully saturated rings. The molecule has 0 aliphatic rings. The van der Waals surface area contributed by atoms with E-state index in [1.807, 2.05) is 0 Å². The van der Waals surface area contributed by atoms with Gasteiger partial charge in [0.1, 0.15) is 11.5 Å². The van der Waals surface area contributed by atoms with E-state index in [9.17, 15) is 13.2 Å². The molecular formula is C22H26N6O3S. The van der Waals surface area contributed by atoms with Crippen LogP contribution in [0.2, 0.25) is 0 Å². The molecule has 1 heterocycles. The summed E-state index contributed by atoms with van der Waals surface area (Å²) in [7, 11) is -3.67. The van der Waals surface area contributed by atoms with Gasteiger partial charge >= 0.3 is 0 Å². The normalized spacial score (nSPS) is 11.9. The first-order valence-electron chi connectivity index (χ1n) is 9.83. The van der Waals surface area contributed by atoms with Gasteiger partial charge in [-0.25, -0.2) is 17.8 Å². The summed E-state index contributed by atoms with van der Waals surface area (Å²) in [4.78, 5) is 13.0. The number of hydrogen-bond acceptors (Lipinski definition) is 5. The molecule has 0 spiro atoms. The van der Waals surface area contributed by atoms with Gasteiger partial charge in [0, 0.05) is 16.8 Å². The van der Waals surface area contributed by atoms with Gasteiger partial charge < -0.3 is 11.1 Å². The van der Waals surface area contributed by atoms with Crippen LogP contribution in [0.3, 0.4) is 0 Å². The fraction of sp³-hybridized carbons (Fsp3) is 0.227. The molecule has 0 aliphatic carbocycles. The van der Waals surface area contributed by atoms with E-state index in [1.165, 1.54) is 28.9 Å². The third kappa shape index (κ3) is 5.40. The monoisotopic (exact) mass is 454 g/mol. The Morgan fingerprint density at radius 3 is 2.19 bits per heavy atom. The number of anilines is 1. The third-order valence-electron chi connectivity index (χ3n) is 4.35. The highest BCUT2D eigenvalue weighted by molar-refractivity contribution is 7.89. The van der Waals surface area contributed by atoms with E-state index < -0.39 is 21.5 Å². The predicted octanol–water partition coefficient (Wildman–Crippen LogP) is 2.79. The summed E-state index contributed by atoms with van der Waals surface area (Å²) in [5.74, 6) is -0.445. The average Bonchev–Trinajstić information content (AvgIpc) is 3.08. The van der Waals surface area contributed by atoms with Crippen molar-refractivity contribution in [2.75, 3.05) is 5.32 Å². The zero-order chi connectivity index (χ0) is 23.7. The maximum absolute atomic E-state index is 12.9. The highest BCUT2D eigenvalue weighted by Gasteiger charge is 2.22. The van der Waals surface area contributed by atoms with Crippen molar-refractivity contribution in [1.82, 2.24) is 14.5 Å². The van der Waals surface area contributed by atoms with Crippen LogP contribution in [0, 0.1) is 12.3 Å². The van der Waals surface area contributed by atoms with E-state index in [4.69, 9.17) is 11.1 Å². The number of amidine groups is 1. The number of amides is 1. The molecule has 3 aromatic rings. The summed E-state index contributed by atoms with van der Waals surface area (Å²) in [6, 6.07) is 14.4. The van der Waals surface area contributed by atoms with Gasteiger partial charge in [0.25, 0.3) is 5.91 Å². The molecule has 1 amide bonds. The second-order valence-corrected chi connectivity index (χ2v) is 10.1. The standard InChI is InChI=1S/C22H26N6O3S/c1-14-13-19(28(26-14)17-9-5-15(6-10-17)20(23)24)21(29)25-16-7-11-18(12-8-16)32(30,31)27-22(2,3)4/h5-13,27H,1-4H3,(H3,23,24)(H,25,29). The van der Waals surface area contributed by atoms with E-state index in [1.54, 1.807) is 58.0 Å². The molecule has 0 saturated heterocycles. The maximum Gasteiger partial charge on any atom is 0.274 e. The zero-order valence-corrected chi connectivity index (χ0v) is 19.1. The Hall–Kier alpha value is -3.50. The molecule has 32 heavy (non-hydrogen) atoms. The number of aromatic nitrogens is 2. The lowest BCUT2D eigenvalue weighted by molar-refractivity contribution is 0.101. The molecule has 0 bridgehead atoms. The van der Waals surface area contributed by atoms with Crippen molar-refractivity contribution in [2.24, 2.45) is 5.73 Å². The van der Waals surface area contributed by atoms with Gasteiger partial charge in [-0.2, -0.15) is 5.10 Å². The number of aryl methyl sites for hydroxylation is 1. The van der Waals surface area contributed by atoms with Gasteiger partial charge in [-0.3, -0.25) is 10.2 Å². The number of carbonyl (C=O) groups excluding carboxylic acids is 1.